The molecule has 0 fully saturated rings. The van der Waals surface area contributed by atoms with Gasteiger partial charge in [-0.05, 0) is 25.1 Å². The van der Waals surface area contributed by atoms with Gasteiger partial charge in [-0.3, -0.25) is 4.98 Å². The number of carboxylic acid groups (broad SMARTS) is 1. The normalized spacial score (nSPS) is 10.1. The Kier molecular flexibility index (Phi) is 3.43. The number of ether oxygens (including phenoxy) is 1. The zero-order valence-corrected chi connectivity index (χ0v) is 10.2. The van der Waals surface area contributed by atoms with Gasteiger partial charge < -0.3 is 9.84 Å². The third-order valence-electron chi connectivity index (χ3n) is 2.15. The molecule has 2 aromatic rings. The van der Waals surface area contributed by atoms with Crippen molar-refractivity contribution < 1.29 is 14.6 Å². The van der Waals surface area contributed by atoms with Gasteiger partial charge in [-0.2, -0.15) is 0 Å². The lowest BCUT2D eigenvalue weighted by molar-refractivity contribution is 0.0696. The van der Waals surface area contributed by atoms with Crippen LogP contribution in [0.1, 0.15) is 16.1 Å². The minimum Gasteiger partial charge on any atom is -0.478 e. The molecule has 0 unspecified atom stereocenters. The van der Waals surface area contributed by atoms with Gasteiger partial charge in [0, 0.05) is 11.9 Å². The van der Waals surface area contributed by atoms with E-state index in [4.69, 9.17) is 21.4 Å². The molecule has 0 saturated carbocycles. The van der Waals surface area contributed by atoms with E-state index in [1.165, 1.54) is 12.3 Å². The molecule has 0 bridgehead atoms. The third kappa shape index (κ3) is 2.75. The molecule has 0 aromatic carbocycles. The Labute approximate surface area is 108 Å². The topological polar surface area (TPSA) is 72.3 Å². The molecule has 5 nitrogen and oxygen atoms in total. The molecular weight excluding hydrogens is 256 g/mol. The van der Waals surface area contributed by atoms with Crippen LogP contribution in [0.4, 0.5) is 0 Å². The van der Waals surface area contributed by atoms with Crippen LogP contribution in [0.15, 0.2) is 30.6 Å². The Morgan fingerprint density at radius 1 is 1.33 bits per heavy atom. The highest BCUT2D eigenvalue weighted by Crippen LogP contribution is 2.27. The summed E-state index contributed by atoms with van der Waals surface area (Å²) >= 11 is 5.88. The van der Waals surface area contributed by atoms with Crippen molar-refractivity contribution in [3.05, 3.63) is 46.9 Å². The first-order valence-electron chi connectivity index (χ1n) is 5.05. The van der Waals surface area contributed by atoms with Crippen molar-refractivity contribution in [2.45, 2.75) is 6.92 Å². The molecule has 18 heavy (non-hydrogen) atoms. The number of halogens is 1. The number of carboxylic acids is 1. The second kappa shape index (κ2) is 5.01. The van der Waals surface area contributed by atoms with Crippen LogP contribution < -0.4 is 4.74 Å². The Morgan fingerprint density at radius 2 is 2.11 bits per heavy atom. The van der Waals surface area contributed by atoms with Crippen LogP contribution in [0.3, 0.4) is 0 Å². The minimum absolute atomic E-state index is 0.00869. The molecule has 0 spiro atoms. The molecule has 2 aromatic heterocycles. The highest BCUT2D eigenvalue weighted by atomic mass is 35.5. The summed E-state index contributed by atoms with van der Waals surface area (Å²) in [5, 5.41) is 8.91. The lowest BCUT2D eigenvalue weighted by Crippen LogP contribution is -1.98. The van der Waals surface area contributed by atoms with E-state index in [9.17, 15) is 4.79 Å². The number of carbonyl (C=O) groups is 1. The Hall–Kier alpha value is -2.14. The van der Waals surface area contributed by atoms with Crippen LogP contribution in [0.5, 0.6) is 11.6 Å². The van der Waals surface area contributed by atoms with Crippen LogP contribution in [0.25, 0.3) is 0 Å². The summed E-state index contributed by atoms with van der Waals surface area (Å²) in [6.45, 7) is 1.86. The molecule has 0 amide bonds. The molecule has 2 heterocycles. The fourth-order valence-corrected chi connectivity index (χ4v) is 1.45. The molecule has 1 N–H and O–H groups in total. The summed E-state index contributed by atoms with van der Waals surface area (Å²) in [7, 11) is 0. The molecular formula is C12H9ClN2O3. The first-order valence-corrected chi connectivity index (χ1v) is 5.43. The Bertz CT molecular complexity index is 584. The van der Waals surface area contributed by atoms with Crippen molar-refractivity contribution >= 4 is 17.6 Å². The summed E-state index contributed by atoms with van der Waals surface area (Å²) in [5.41, 5.74) is 0.872. The zero-order chi connectivity index (χ0) is 13.1. The predicted molar refractivity (Wildman–Crippen MR) is 65.3 cm³/mol. The van der Waals surface area contributed by atoms with E-state index in [1.54, 1.807) is 18.3 Å². The monoisotopic (exact) mass is 264 g/mol. The number of rotatable bonds is 3. The molecule has 0 aliphatic carbocycles. The van der Waals surface area contributed by atoms with Gasteiger partial charge >= 0.3 is 5.97 Å². The van der Waals surface area contributed by atoms with Crippen molar-refractivity contribution in [2.75, 3.05) is 0 Å². The van der Waals surface area contributed by atoms with Gasteiger partial charge in [-0.15, -0.1) is 0 Å². The summed E-state index contributed by atoms with van der Waals surface area (Å²) in [4.78, 5) is 18.6. The Balaban J connectivity index is 2.24. The fourth-order valence-electron chi connectivity index (χ4n) is 1.24. The minimum atomic E-state index is -1.09. The molecule has 0 aliphatic rings. The van der Waals surface area contributed by atoms with Crippen LogP contribution in [-0.2, 0) is 0 Å². The molecule has 6 heteroatoms. The van der Waals surface area contributed by atoms with Gasteiger partial charge in [0.25, 0.3) is 0 Å². The second-order valence-electron chi connectivity index (χ2n) is 3.55. The van der Waals surface area contributed by atoms with Crippen molar-refractivity contribution in [3.8, 4) is 11.6 Å². The van der Waals surface area contributed by atoms with E-state index in [2.05, 4.69) is 9.97 Å². The molecule has 0 aliphatic heterocycles. The van der Waals surface area contributed by atoms with Gasteiger partial charge in [0.2, 0.25) is 5.88 Å². The molecule has 2 rings (SSSR count). The quantitative estimate of drug-likeness (QED) is 0.923. The largest absolute Gasteiger partial charge is 0.478 e. The lowest BCUT2D eigenvalue weighted by Gasteiger charge is -2.06. The predicted octanol–water partition coefficient (Wildman–Crippen LogP) is 2.93. The number of aromatic carboxylic acids is 1. The van der Waals surface area contributed by atoms with Crippen molar-refractivity contribution in [1.29, 1.82) is 0 Å². The number of aromatic nitrogens is 2. The van der Waals surface area contributed by atoms with Crippen LogP contribution in [0.2, 0.25) is 5.02 Å². The number of hydrogen-bond donors (Lipinski definition) is 1. The molecule has 0 atom stereocenters. The summed E-state index contributed by atoms with van der Waals surface area (Å²) in [6.07, 6.45) is 2.73. The first-order chi connectivity index (χ1) is 8.56. The maximum atomic E-state index is 10.7. The SMILES string of the molecule is Cc1ccc(Oc2ncc(C(=O)O)cc2Cl)cn1. The van der Waals surface area contributed by atoms with E-state index < -0.39 is 5.97 Å². The van der Waals surface area contributed by atoms with Crippen molar-refractivity contribution in [2.24, 2.45) is 0 Å². The summed E-state index contributed by atoms with van der Waals surface area (Å²) in [5.74, 6) is -0.460. The second-order valence-corrected chi connectivity index (χ2v) is 3.96. The van der Waals surface area contributed by atoms with Gasteiger partial charge in [-0.1, -0.05) is 11.6 Å². The van der Waals surface area contributed by atoms with E-state index in [1.807, 2.05) is 6.92 Å². The number of hydrogen-bond acceptors (Lipinski definition) is 4. The maximum absolute atomic E-state index is 10.7. The van der Waals surface area contributed by atoms with E-state index >= 15 is 0 Å². The number of aryl methyl sites for hydroxylation is 1. The first kappa shape index (κ1) is 12.3. The summed E-state index contributed by atoms with van der Waals surface area (Å²) in [6, 6.07) is 4.80. The van der Waals surface area contributed by atoms with Crippen LogP contribution in [-0.4, -0.2) is 21.0 Å². The van der Waals surface area contributed by atoms with Gasteiger partial charge in [0.05, 0.1) is 11.8 Å². The van der Waals surface area contributed by atoms with Crippen molar-refractivity contribution in [1.82, 2.24) is 9.97 Å². The summed E-state index contributed by atoms with van der Waals surface area (Å²) < 4.78 is 5.40. The average Bonchev–Trinajstić information content (AvgIpc) is 2.34. The fraction of sp³-hybridized carbons (Fsp3) is 0.0833. The molecule has 0 saturated heterocycles. The highest BCUT2D eigenvalue weighted by molar-refractivity contribution is 6.32. The van der Waals surface area contributed by atoms with E-state index in [-0.39, 0.29) is 16.5 Å². The average molecular weight is 265 g/mol. The van der Waals surface area contributed by atoms with Crippen molar-refractivity contribution in [3.63, 3.8) is 0 Å². The smallest absolute Gasteiger partial charge is 0.337 e. The number of nitrogens with zero attached hydrogens (tertiary/aromatic N) is 2. The van der Waals surface area contributed by atoms with Gasteiger partial charge in [0.1, 0.15) is 10.8 Å². The van der Waals surface area contributed by atoms with E-state index in [0.29, 0.717) is 5.75 Å². The van der Waals surface area contributed by atoms with Crippen LogP contribution in [0, 0.1) is 6.92 Å². The number of pyridine rings is 2. The lowest BCUT2D eigenvalue weighted by atomic mass is 10.3. The molecule has 92 valence electrons. The Morgan fingerprint density at radius 3 is 2.67 bits per heavy atom. The van der Waals surface area contributed by atoms with E-state index in [0.717, 1.165) is 5.69 Å². The van der Waals surface area contributed by atoms with Gasteiger partial charge in [0.15, 0.2) is 0 Å². The standard InChI is InChI=1S/C12H9ClN2O3/c1-7-2-3-9(6-14-7)18-11-10(13)4-8(5-15-11)12(16)17/h2-6H,1H3,(H,16,17). The third-order valence-corrected chi connectivity index (χ3v) is 2.42. The highest BCUT2D eigenvalue weighted by Gasteiger charge is 2.10. The van der Waals surface area contributed by atoms with Crippen LogP contribution >= 0.6 is 11.6 Å². The zero-order valence-electron chi connectivity index (χ0n) is 9.42. The maximum Gasteiger partial charge on any atom is 0.337 e. The van der Waals surface area contributed by atoms with Gasteiger partial charge in [-0.25, -0.2) is 9.78 Å². The molecule has 0 radical (unpaired) electrons.